The monoisotopic (exact) mass is 272 g/mol. The molecule has 0 spiro atoms. The lowest BCUT2D eigenvalue weighted by molar-refractivity contribution is 0.122. The Morgan fingerprint density at radius 1 is 0.789 bits per heavy atom. The fourth-order valence-electron chi connectivity index (χ4n) is 2.59. The van der Waals surface area contributed by atoms with Crippen molar-refractivity contribution >= 4 is 11.3 Å². The molecule has 19 heavy (non-hydrogen) atoms. The Labute approximate surface area is 119 Å². The molecule has 100 valence electrons. The summed E-state index contributed by atoms with van der Waals surface area (Å²) in [5.74, 6) is 0. The zero-order valence-corrected chi connectivity index (χ0v) is 12.0. The summed E-state index contributed by atoms with van der Waals surface area (Å²) in [5.41, 5.74) is 2.88. The minimum atomic E-state index is 1.09. The van der Waals surface area contributed by atoms with Crippen LogP contribution >= 0.6 is 11.3 Å². The van der Waals surface area contributed by atoms with Gasteiger partial charge in [0.1, 0.15) is 0 Å². The zero-order chi connectivity index (χ0) is 12.9. The molecule has 0 N–H and O–H groups in total. The predicted molar refractivity (Wildman–Crippen MR) is 81.3 cm³/mol. The molecule has 0 radical (unpaired) electrons. The van der Waals surface area contributed by atoms with E-state index < -0.39 is 0 Å². The van der Waals surface area contributed by atoms with E-state index in [1.54, 1.807) is 11.3 Å². The van der Waals surface area contributed by atoms with E-state index in [1.165, 1.54) is 37.3 Å². The quantitative estimate of drug-likeness (QED) is 0.844. The van der Waals surface area contributed by atoms with Crippen LogP contribution in [0.4, 0.5) is 0 Å². The first-order chi connectivity index (χ1) is 9.40. The molecule has 1 saturated heterocycles. The normalized spacial score (nSPS) is 17.7. The Bertz CT molecular complexity index is 473. The van der Waals surface area contributed by atoms with E-state index in [9.17, 15) is 0 Å². The fourth-order valence-corrected chi connectivity index (χ4v) is 3.25. The van der Waals surface area contributed by atoms with Crippen molar-refractivity contribution in [2.24, 2.45) is 0 Å². The molecule has 1 aliphatic heterocycles. The van der Waals surface area contributed by atoms with Gasteiger partial charge in [-0.15, -0.1) is 0 Å². The van der Waals surface area contributed by atoms with Crippen LogP contribution < -0.4 is 0 Å². The van der Waals surface area contributed by atoms with Gasteiger partial charge in [0.2, 0.25) is 0 Å². The number of hydrogen-bond donors (Lipinski definition) is 0. The average Bonchev–Trinajstić information content (AvgIpc) is 2.95. The van der Waals surface area contributed by atoms with Crippen LogP contribution in [-0.2, 0) is 13.1 Å². The second-order valence-electron chi connectivity index (χ2n) is 5.17. The molecule has 1 aliphatic rings. The summed E-state index contributed by atoms with van der Waals surface area (Å²) in [7, 11) is 0. The lowest BCUT2D eigenvalue weighted by Crippen LogP contribution is -2.45. The number of rotatable bonds is 4. The molecule has 3 heteroatoms. The van der Waals surface area contributed by atoms with E-state index in [-0.39, 0.29) is 0 Å². The van der Waals surface area contributed by atoms with E-state index in [0.717, 1.165) is 13.1 Å². The molecule has 0 aliphatic carbocycles. The maximum atomic E-state index is 2.56. The third kappa shape index (κ3) is 3.66. The van der Waals surface area contributed by atoms with E-state index >= 15 is 0 Å². The molecule has 0 atom stereocenters. The topological polar surface area (TPSA) is 6.48 Å². The van der Waals surface area contributed by atoms with Gasteiger partial charge >= 0.3 is 0 Å². The molecule has 0 amide bonds. The summed E-state index contributed by atoms with van der Waals surface area (Å²) >= 11 is 1.79. The zero-order valence-electron chi connectivity index (χ0n) is 11.2. The summed E-state index contributed by atoms with van der Waals surface area (Å²) in [4.78, 5) is 5.11. The van der Waals surface area contributed by atoms with Gasteiger partial charge in [0.15, 0.2) is 0 Å². The Morgan fingerprint density at radius 3 is 2.00 bits per heavy atom. The van der Waals surface area contributed by atoms with Crippen LogP contribution in [0.2, 0.25) is 0 Å². The van der Waals surface area contributed by atoms with E-state index in [2.05, 4.69) is 57.0 Å². The molecule has 2 nitrogen and oxygen atoms in total. The van der Waals surface area contributed by atoms with Crippen LogP contribution in [0.3, 0.4) is 0 Å². The molecular weight excluding hydrogens is 252 g/mol. The Hall–Kier alpha value is -1.16. The fraction of sp³-hybridized carbons (Fsp3) is 0.375. The summed E-state index contributed by atoms with van der Waals surface area (Å²) in [6.45, 7) is 6.93. The second-order valence-corrected chi connectivity index (χ2v) is 5.95. The lowest BCUT2D eigenvalue weighted by atomic mass is 10.2. The van der Waals surface area contributed by atoms with E-state index in [1.807, 2.05) is 0 Å². The van der Waals surface area contributed by atoms with Crippen molar-refractivity contribution < 1.29 is 0 Å². The predicted octanol–water partition coefficient (Wildman–Crippen LogP) is 3.07. The lowest BCUT2D eigenvalue weighted by Gasteiger charge is -2.34. The van der Waals surface area contributed by atoms with Gasteiger partial charge in [0.05, 0.1) is 0 Å². The first kappa shape index (κ1) is 12.9. The Balaban J connectivity index is 1.47. The smallest absolute Gasteiger partial charge is 0.0243 e. The highest BCUT2D eigenvalue weighted by molar-refractivity contribution is 7.07. The largest absolute Gasteiger partial charge is 0.297 e. The minimum absolute atomic E-state index is 1.09. The SMILES string of the molecule is c1ccc(CN2CCN(Cc3ccsc3)CC2)cc1. The second kappa shape index (κ2) is 6.33. The van der Waals surface area contributed by atoms with Crippen LogP contribution in [-0.4, -0.2) is 36.0 Å². The van der Waals surface area contributed by atoms with Crippen molar-refractivity contribution in [3.8, 4) is 0 Å². The number of piperazine rings is 1. The molecule has 1 fully saturated rings. The van der Waals surface area contributed by atoms with Crippen molar-refractivity contribution in [2.45, 2.75) is 13.1 Å². The number of hydrogen-bond acceptors (Lipinski definition) is 3. The van der Waals surface area contributed by atoms with Gasteiger partial charge in [-0.25, -0.2) is 0 Å². The number of benzene rings is 1. The molecule has 0 saturated carbocycles. The molecule has 0 unspecified atom stereocenters. The highest BCUT2D eigenvalue weighted by atomic mass is 32.1. The summed E-state index contributed by atoms with van der Waals surface area (Å²) in [5, 5.41) is 4.43. The Morgan fingerprint density at radius 2 is 1.42 bits per heavy atom. The minimum Gasteiger partial charge on any atom is -0.297 e. The molecule has 2 heterocycles. The van der Waals surface area contributed by atoms with E-state index in [0.29, 0.717) is 0 Å². The molecule has 2 aromatic rings. The van der Waals surface area contributed by atoms with Crippen LogP contribution in [0.5, 0.6) is 0 Å². The van der Waals surface area contributed by atoms with Crippen LogP contribution in [0.15, 0.2) is 47.2 Å². The molecule has 3 rings (SSSR count). The average molecular weight is 272 g/mol. The van der Waals surface area contributed by atoms with Crippen molar-refractivity contribution in [3.05, 3.63) is 58.3 Å². The summed E-state index contributed by atoms with van der Waals surface area (Å²) < 4.78 is 0. The maximum absolute atomic E-state index is 2.56. The van der Waals surface area contributed by atoms with Crippen molar-refractivity contribution in [1.29, 1.82) is 0 Å². The van der Waals surface area contributed by atoms with Crippen molar-refractivity contribution in [1.82, 2.24) is 9.80 Å². The van der Waals surface area contributed by atoms with Gasteiger partial charge in [0.25, 0.3) is 0 Å². The highest BCUT2D eigenvalue weighted by Gasteiger charge is 2.16. The summed E-state index contributed by atoms with van der Waals surface area (Å²) in [6.07, 6.45) is 0. The highest BCUT2D eigenvalue weighted by Crippen LogP contribution is 2.13. The summed E-state index contributed by atoms with van der Waals surface area (Å²) in [6, 6.07) is 13.0. The third-order valence-corrected chi connectivity index (χ3v) is 4.43. The van der Waals surface area contributed by atoms with Crippen LogP contribution in [0, 0.1) is 0 Å². The van der Waals surface area contributed by atoms with Gasteiger partial charge in [-0.05, 0) is 28.0 Å². The van der Waals surface area contributed by atoms with Crippen LogP contribution in [0.1, 0.15) is 11.1 Å². The van der Waals surface area contributed by atoms with Gasteiger partial charge in [-0.3, -0.25) is 9.80 Å². The molecule has 1 aromatic heterocycles. The maximum Gasteiger partial charge on any atom is 0.0243 e. The Kier molecular flexibility index (Phi) is 4.28. The van der Waals surface area contributed by atoms with Crippen molar-refractivity contribution in [3.63, 3.8) is 0 Å². The van der Waals surface area contributed by atoms with Gasteiger partial charge in [-0.2, -0.15) is 11.3 Å². The number of thiophene rings is 1. The first-order valence-corrected chi connectivity index (χ1v) is 7.84. The molecule has 1 aromatic carbocycles. The van der Waals surface area contributed by atoms with Gasteiger partial charge in [0, 0.05) is 39.3 Å². The van der Waals surface area contributed by atoms with Gasteiger partial charge in [-0.1, -0.05) is 30.3 Å². The van der Waals surface area contributed by atoms with Crippen molar-refractivity contribution in [2.75, 3.05) is 26.2 Å². The number of nitrogens with zero attached hydrogens (tertiary/aromatic N) is 2. The van der Waals surface area contributed by atoms with Crippen LogP contribution in [0.25, 0.3) is 0 Å². The standard InChI is InChI=1S/C16H20N2S/c1-2-4-15(5-3-1)12-17-7-9-18(10-8-17)13-16-6-11-19-14-16/h1-6,11,14H,7-10,12-13H2. The first-order valence-electron chi connectivity index (χ1n) is 6.90. The van der Waals surface area contributed by atoms with Gasteiger partial charge < -0.3 is 0 Å². The molecule has 0 bridgehead atoms. The molecular formula is C16H20N2S. The van der Waals surface area contributed by atoms with E-state index in [4.69, 9.17) is 0 Å². The third-order valence-electron chi connectivity index (χ3n) is 3.70.